The molecule has 1 heterocycles. The Morgan fingerprint density at radius 3 is 2.31 bits per heavy atom. The van der Waals surface area contributed by atoms with E-state index in [1.807, 2.05) is 32.0 Å². The molecule has 35 heavy (non-hydrogen) atoms. The van der Waals surface area contributed by atoms with E-state index in [9.17, 15) is 9.59 Å². The molecular weight excluding hydrogens is 446 g/mol. The summed E-state index contributed by atoms with van der Waals surface area (Å²) in [5, 5.41) is 5.92. The van der Waals surface area contributed by atoms with Crippen LogP contribution in [0.3, 0.4) is 0 Å². The van der Waals surface area contributed by atoms with Crippen molar-refractivity contribution in [3.05, 3.63) is 48.0 Å². The molecule has 2 aromatic carbocycles. The van der Waals surface area contributed by atoms with Crippen LogP contribution in [-0.2, 0) is 9.53 Å². The Labute approximate surface area is 206 Å². The van der Waals surface area contributed by atoms with Gasteiger partial charge >= 0.3 is 0 Å². The Morgan fingerprint density at radius 2 is 1.63 bits per heavy atom. The second-order valence-electron chi connectivity index (χ2n) is 8.81. The van der Waals surface area contributed by atoms with Crippen LogP contribution in [0.1, 0.15) is 49.9 Å². The molecule has 0 radical (unpaired) electrons. The molecule has 0 aromatic heterocycles. The van der Waals surface area contributed by atoms with E-state index in [1.165, 1.54) is 12.8 Å². The maximum Gasteiger partial charge on any atom is 0.255 e. The lowest BCUT2D eigenvalue weighted by atomic mass is 9.90. The van der Waals surface area contributed by atoms with Gasteiger partial charge in [-0.2, -0.15) is 0 Å². The third kappa shape index (κ3) is 6.32. The topological polar surface area (TPSA) is 89.1 Å². The molecule has 2 amide bonds. The average molecular weight is 482 g/mol. The molecule has 8 nitrogen and oxygen atoms in total. The van der Waals surface area contributed by atoms with Crippen molar-refractivity contribution in [1.29, 1.82) is 0 Å². The van der Waals surface area contributed by atoms with Gasteiger partial charge in [-0.1, -0.05) is 31.0 Å². The normalized spacial score (nSPS) is 19.9. The molecule has 2 atom stereocenters. The first-order valence-corrected chi connectivity index (χ1v) is 12.5. The zero-order valence-corrected chi connectivity index (χ0v) is 20.5. The summed E-state index contributed by atoms with van der Waals surface area (Å²) in [6.45, 7) is 6.28. The lowest BCUT2D eigenvalue weighted by Crippen LogP contribution is -2.54. The highest BCUT2D eigenvalue weighted by Gasteiger charge is 2.35. The fraction of sp³-hybridized carbons (Fsp3) is 0.481. The minimum absolute atomic E-state index is 0.110. The van der Waals surface area contributed by atoms with Crippen molar-refractivity contribution in [3.63, 3.8) is 0 Å². The number of fused-ring (bicyclic) bond motifs is 1. The molecule has 1 aliphatic carbocycles. The number of morpholine rings is 1. The smallest absolute Gasteiger partial charge is 0.255 e. The van der Waals surface area contributed by atoms with Crippen molar-refractivity contribution in [2.24, 2.45) is 0 Å². The van der Waals surface area contributed by atoms with Crippen LogP contribution in [-0.4, -0.2) is 61.8 Å². The van der Waals surface area contributed by atoms with Gasteiger partial charge in [0.1, 0.15) is 11.5 Å². The van der Waals surface area contributed by atoms with Crippen LogP contribution in [0.25, 0.3) is 0 Å². The van der Waals surface area contributed by atoms with E-state index in [2.05, 4.69) is 15.5 Å². The largest absolute Gasteiger partial charge is 0.492 e. The molecule has 0 spiro atoms. The molecule has 4 rings (SSSR count). The molecule has 2 unspecified atom stereocenters. The van der Waals surface area contributed by atoms with E-state index in [4.69, 9.17) is 14.2 Å². The first-order valence-electron chi connectivity index (χ1n) is 12.5. The molecule has 188 valence electrons. The van der Waals surface area contributed by atoms with Crippen molar-refractivity contribution in [3.8, 4) is 11.5 Å². The quantitative estimate of drug-likeness (QED) is 0.555. The lowest BCUT2D eigenvalue weighted by molar-refractivity contribution is -0.124. The number of nitrogens with one attached hydrogen (secondary N) is 2. The number of hydrogen-bond donors (Lipinski definition) is 2. The zero-order valence-electron chi connectivity index (χ0n) is 20.5. The maximum atomic E-state index is 13.1. The van der Waals surface area contributed by atoms with Crippen LogP contribution >= 0.6 is 0 Å². The highest BCUT2D eigenvalue weighted by Crippen LogP contribution is 2.37. The third-order valence-corrected chi connectivity index (χ3v) is 6.43. The lowest BCUT2D eigenvalue weighted by Gasteiger charge is -2.43. The Hall–Kier alpha value is -3.10. The van der Waals surface area contributed by atoms with Gasteiger partial charge in [-0.15, -0.1) is 0 Å². The van der Waals surface area contributed by atoms with Gasteiger partial charge in [0, 0.05) is 30.3 Å². The van der Waals surface area contributed by atoms with E-state index in [0.29, 0.717) is 60.8 Å². The first-order chi connectivity index (χ1) is 17.1. The molecule has 1 saturated carbocycles. The van der Waals surface area contributed by atoms with Crippen LogP contribution in [0.4, 0.5) is 11.4 Å². The number of amides is 2. The summed E-state index contributed by atoms with van der Waals surface area (Å²) in [6, 6.07) is 12.7. The van der Waals surface area contributed by atoms with E-state index in [-0.39, 0.29) is 17.9 Å². The van der Waals surface area contributed by atoms with Crippen LogP contribution < -0.4 is 20.1 Å². The molecule has 2 N–H and O–H groups in total. The van der Waals surface area contributed by atoms with Gasteiger partial charge in [0.15, 0.2) is 0 Å². The second-order valence-corrected chi connectivity index (χ2v) is 8.81. The Kier molecular flexibility index (Phi) is 8.60. The molecular formula is C27H35N3O5. The summed E-state index contributed by atoms with van der Waals surface area (Å²) in [5.74, 6) is 0.584. The van der Waals surface area contributed by atoms with Crippen LogP contribution in [0.2, 0.25) is 0 Å². The van der Waals surface area contributed by atoms with Gasteiger partial charge in [-0.25, -0.2) is 0 Å². The predicted molar refractivity (Wildman–Crippen MR) is 135 cm³/mol. The Balaban J connectivity index is 1.51. The highest BCUT2D eigenvalue weighted by atomic mass is 16.5. The van der Waals surface area contributed by atoms with Crippen molar-refractivity contribution in [1.82, 2.24) is 4.90 Å². The number of carbonyl (C=O) groups excluding carboxylic acids is 2. The molecule has 8 heteroatoms. The fourth-order valence-electron chi connectivity index (χ4n) is 4.84. The highest BCUT2D eigenvalue weighted by molar-refractivity contribution is 6.05. The number of hydrogen-bond acceptors (Lipinski definition) is 6. The van der Waals surface area contributed by atoms with Crippen molar-refractivity contribution in [2.75, 3.05) is 43.5 Å². The number of ether oxygens (including phenoxy) is 3. The summed E-state index contributed by atoms with van der Waals surface area (Å²) in [7, 11) is 0. The van der Waals surface area contributed by atoms with Gasteiger partial charge in [0.2, 0.25) is 5.91 Å². The molecule has 1 saturated heterocycles. The van der Waals surface area contributed by atoms with E-state index < -0.39 is 0 Å². The zero-order chi connectivity index (χ0) is 24.6. The molecule has 2 fully saturated rings. The second kappa shape index (κ2) is 12.0. The fourth-order valence-corrected chi connectivity index (χ4v) is 4.84. The van der Waals surface area contributed by atoms with Gasteiger partial charge in [-0.3, -0.25) is 14.5 Å². The summed E-state index contributed by atoms with van der Waals surface area (Å²) in [5.41, 5.74) is 1.55. The van der Waals surface area contributed by atoms with Gasteiger partial charge in [0.25, 0.3) is 5.91 Å². The van der Waals surface area contributed by atoms with Crippen molar-refractivity contribution < 1.29 is 23.8 Å². The summed E-state index contributed by atoms with van der Waals surface area (Å²) in [4.78, 5) is 28.1. The molecule has 2 aromatic rings. The van der Waals surface area contributed by atoms with Crippen molar-refractivity contribution >= 4 is 23.2 Å². The number of anilines is 2. The summed E-state index contributed by atoms with van der Waals surface area (Å²) < 4.78 is 17.6. The minimum Gasteiger partial charge on any atom is -0.492 e. The Bertz CT molecular complexity index is 1010. The minimum atomic E-state index is -0.250. The first kappa shape index (κ1) is 25.0. The van der Waals surface area contributed by atoms with Crippen LogP contribution in [0.15, 0.2) is 42.5 Å². The van der Waals surface area contributed by atoms with Crippen LogP contribution in [0.5, 0.6) is 11.5 Å². The van der Waals surface area contributed by atoms with E-state index >= 15 is 0 Å². The SMILES string of the molecule is CCOc1cc(NC(=O)c2ccccc2)c(OCC)cc1NC(=O)CN1CCOC2CCCCC21. The number of nitrogens with zero attached hydrogens (tertiary/aromatic N) is 1. The molecule has 1 aliphatic heterocycles. The molecule has 2 aliphatic rings. The van der Waals surface area contributed by atoms with Crippen LogP contribution in [0, 0.1) is 0 Å². The number of carbonyl (C=O) groups is 2. The summed E-state index contributed by atoms with van der Waals surface area (Å²) in [6.07, 6.45) is 4.70. The third-order valence-electron chi connectivity index (χ3n) is 6.43. The van der Waals surface area contributed by atoms with E-state index in [0.717, 1.165) is 19.4 Å². The summed E-state index contributed by atoms with van der Waals surface area (Å²) >= 11 is 0. The van der Waals surface area contributed by atoms with E-state index in [1.54, 1.807) is 24.3 Å². The standard InChI is InChI=1S/C27H35N3O5/c1-3-33-24-17-21(29-27(32)19-10-6-5-7-11-19)25(34-4-2)16-20(24)28-26(31)18-30-14-15-35-23-13-9-8-12-22(23)30/h5-7,10-11,16-17,22-23H,3-4,8-9,12-15,18H2,1-2H3,(H,28,31)(H,29,32). The van der Waals surface area contributed by atoms with Gasteiger partial charge in [-0.05, 0) is 38.8 Å². The Morgan fingerprint density at radius 1 is 0.971 bits per heavy atom. The average Bonchev–Trinajstić information content (AvgIpc) is 2.87. The predicted octanol–water partition coefficient (Wildman–Crippen LogP) is 4.32. The molecule has 0 bridgehead atoms. The van der Waals surface area contributed by atoms with Crippen molar-refractivity contribution in [2.45, 2.75) is 51.7 Å². The van der Waals surface area contributed by atoms with Gasteiger partial charge in [0.05, 0.1) is 43.8 Å². The van der Waals surface area contributed by atoms with Gasteiger partial charge < -0.3 is 24.8 Å². The number of rotatable bonds is 9. The number of benzene rings is 2. The maximum absolute atomic E-state index is 13.1. The monoisotopic (exact) mass is 481 g/mol.